The number of hydrogen-bond donors (Lipinski definition) is 0. The first-order valence-electron chi connectivity index (χ1n) is 6.75. The van der Waals surface area contributed by atoms with Crippen LogP contribution in [0, 0.1) is 0 Å². The van der Waals surface area contributed by atoms with Crippen molar-refractivity contribution in [2.24, 2.45) is 0 Å². The molecule has 2 atom stereocenters. The van der Waals surface area contributed by atoms with Crippen molar-refractivity contribution in [2.45, 2.75) is 29.2 Å². The fourth-order valence-corrected chi connectivity index (χ4v) is 3.56. The first kappa shape index (κ1) is 14.0. The largest absolute Gasteiger partial charge is 0.490 e. The normalized spacial score (nSPS) is 18.4. The standard InChI is InChI=1S/C17H17BrOS/c1-11-9-14-10-13(5-8-16(14)19-11)17(18)12-3-6-15(20-2)7-4-12/h3-8,10-11,17H,9H2,1-2H3. The van der Waals surface area contributed by atoms with Crippen LogP contribution in [0.15, 0.2) is 47.4 Å². The topological polar surface area (TPSA) is 9.23 Å². The van der Waals surface area contributed by atoms with Gasteiger partial charge in [0.2, 0.25) is 0 Å². The summed E-state index contributed by atoms with van der Waals surface area (Å²) < 4.78 is 5.76. The van der Waals surface area contributed by atoms with Crippen molar-refractivity contribution in [3.05, 3.63) is 59.2 Å². The molecule has 3 rings (SSSR count). The highest BCUT2D eigenvalue weighted by Crippen LogP contribution is 2.36. The molecule has 0 saturated carbocycles. The molecule has 0 aliphatic carbocycles. The van der Waals surface area contributed by atoms with Gasteiger partial charge in [0.1, 0.15) is 11.9 Å². The Morgan fingerprint density at radius 2 is 1.85 bits per heavy atom. The van der Waals surface area contributed by atoms with E-state index in [0.29, 0.717) is 6.10 Å². The number of alkyl halides is 1. The minimum absolute atomic E-state index is 0.236. The predicted molar refractivity (Wildman–Crippen MR) is 89.2 cm³/mol. The van der Waals surface area contributed by atoms with Crippen LogP contribution in [0.4, 0.5) is 0 Å². The SMILES string of the molecule is CSc1ccc(C(Br)c2ccc3c(c2)CC(C)O3)cc1. The maximum absolute atomic E-state index is 5.76. The Morgan fingerprint density at radius 3 is 2.55 bits per heavy atom. The third-order valence-electron chi connectivity index (χ3n) is 3.62. The Balaban J connectivity index is 1.86. The molecular formula is C17H17BrOS. The lowest BCUT2D eigenvalue weighted by Crippen LogP contribution is -2.05. The monoisotopic (exact) mass is 348 g/mol. The lowest BCUT2D eigenvalue weighted by atomic mass is 10.0. The highest BCUT2D eigenvalue weighted by molar-refractivity contribution is 9.09. The van der Waals surface area contributed by atoms with E-state index < -0.39 is 0 Å². The lowest BCUT2D eigenvalue weighted by Gasteiger charge is -2.12. The average Bonchev–Trinajstić information content (AvgIpc) is 2.85. The number of hydrogen-bond acceptors (Lipinski definition) is 2. The number of ether oxygens (including phenoxy) is 1. The van der Waals surface area contributed by atoms with Crippen molar-refractivity contribution in [2.75, 3.05) is 6.26 Å². The van der Waals surface area contributed by atoms with Crippen LogP contribution < -0.4 is 4.74 Å². The zero-order valence-corrected chi connectivity index (χ0v) is 14.0. The van der Waals surface area contributed by atoms with Gasteiger partial charge in [-0.15, -0.1) is 11.8 Å². The van der Waals surface area contributed by atoms with Crippen molar-refractivity contribution in [1.29, 1.82) is 0 Å². The van der Waals surface area contributed by atoms with Gasteiger partial charge in [-0.3, -0.25) is 0 Å². The van der Waals surface area contributed by atoms with E-state index in [0.717, 1.165) is 12.2 Å². The Hall–Kier alpha value is -0.930. The van der Waals surface area contributed by atoms with Crippen molar-refractivity contribution in [3.8, 4) is 5.75 Å². The third kappa shape index (κ3) is 2.75. The fourth-order valence-electron chi connectivity index (χ4n) is 2.56. The summed E-state index contributed by atoms with van der Waals surface area (Å²) in [5.41, 5.74) is 3.90. The molecule has 0 fully saturated rings. The zero-order valence-electron chi connectivity index (χ0n) is 11.6. The zero-order chi connectivity index (χ0) is 14.1. The number of fused-ring (bicyclic) bond motifs is 1. The van der Waals surface area contributed by atoms with E-state index in [2.05, 4.69) is 71.6 Å². The average molecular weight is 349 g/mol. The molecule has 0 amide bonds. The summed E-state index contributed by atoms with van der Waals surface area (Å²) in [6.07, 6.45) is 3.41. The van der Waals surface area contributed by atoms with Gasteiger partial charge in [-0.05, 0) is 48.1 Å². The molecule has 0 spiro atoms. The van der Waals surface area contributed by atoms with Crippen molar-refractivity contribution >= 4 is 27.7 Å². The van der Waals surface area contributed by atoms with Gasteiger partial charge in [0.25, 0.3) is 0 Å². The van der Waals surface area contributed by atoms with Crippen LogP contribution >= 0.6 is 27.7 Å². The molecule has 1 aliphatic heterocycles. The Labute approximate surface area is 132 Å². The Kier molecular flexibility index (Phi) is 4.08. The number of rotatable bonds is 3. The number of thioether (sulfide) groups is 1. The first-order chi connectivity index (χ1) is 9.67. The van der Waals surface area contributed by atoms with Crippen LogP contribution in [0.2, 0.25) is 0 Å². The molecule has 1 aliphatic rings. The molecule has 0 aromatic heterocycles. The molecule has 2 aromatic rings. The maximum Gasteiger partial charge on any atom is 0.123 e. The van der Waals surface area contributed by atoms with Crippen molar-refractivity contribution in [3.63, 3.8) is 0 Å². The summed E-state index contributed by atoms with van der Waals surface area (Å²) in [5, 5.41) is 0. The van der Waals surface area contributed by atoms with Gasteiger partial charge < -0.3 is 4.74 Å². The summed E-state index contributed by atoms with van der Waals surface area (Å²) in [4.78, 5) is 1.53. The summed E-state index contributed by atoms with van der Waals surface area (Å²) in [5.74, 6) is 1.04. The summed E-state index contributed by atoms with van der Waals surface area (Å²) >= 11 is 5.59. The van der Waals surface area contributed by atoms with Gasteiger partial charge in [-0.2, -0.15) is 0 Å². The minimum Gasteiger partial charge on any atom is -0.490 e. The van der Waals surface area contributed by atoms with E-state index in [4.69, 9.17) is 4.74 Å². The highest BCUT2D eigenvalue weighted by atomic mass is 79.9. The first-order valence-corrected chi connectivity index (χ1v) is 8.89. The molecule has 1 heterocycles. The van der Waals surface area contributed by atoms with E-state index in [1.54, 1.807) is 11.8 Å². The summed E-state index contributed by atoms with van der Waals surface area (Å²) in [6, 6.07) is 15.2. The van der Waals surface area contributed by atoms with Crippen LogP contribution in [0.1, 0.15) is 28.4 Å². The predicted octanol–water partition coefficient (Wildman–Crippen LogP) is 5.22. The second-order valence-electron chi connectivity index (χ2n) is 5.14. The molecule has 0 saturated heterocycles. The maximum atomic E-state index is 5.76. The van der Waals surface area contributed by atoms with Gasteiger partial charge in [0.05, 0.1) is 4.83 Å². The van der Waals surface area contributed by atoms with Gasteiger partial charge in [-0.25, -0.2) is 0 Å². The van der Waals surface area contributed by atoms with Gasteiger partial charge >= 0.3 is 0 Å². The van der Waals surface area contributed by atoms with Crippen LogP contribution in [0.3, 0.4) is 0 Å². The molecule has 2 aromatic carbocycles. The number of benzene rings is 2. The molecule has 20 heavy (non-hydrogen) atoms. The van der Waals surface area contributed by atoms with E-state index >= 15 is 0 Å². The quantitative estimate of drug-likeness (QED) is 0.555. The van der Waals surface area contributed by atoms with E-state index in [1.807, 2.05) is 0 Å². The molecule has 0 radical (unpaired) electrons. The molecule has 2 unspecified atom stereocenters. The van der Waals surface area contributed by atoms with Crippen molar-refractivity contribution in [1.82, 2.24) is 0 Å². The lowest BCUT2D eigenvalue weighted by molar-refractivity contribution is 0.254. The van der Waals surface area contributed by atoms with Crippen LogP contribution in [0.5, 0.6) is 5.75 Å². The smallest absolute Gasteiger partial charge is 0.123 e. The Bertz CT molecular complexity index is 609. The van der Waals surface area contributed by atoms with E-state index in [-0.39, 0.29) is 4.83 Å². The van der Waals surface area contributed by atoms with Crippen LogP contribution in [-0.2, 0) is 6.42 Å². The molecule has 104 valence electrons. The van der Waals surface area contributed by atoms with Gasteiger partial charge in [-0.1, -0.05) is 40.2 Å². The molecule has 0 N–H and O–H groups in total. The van der Waals surface area contributed by atoms with E-state index in [1.165, 1.54) is 21.6 Å². The highest BCUT2D eigenvalue weighted by Gasteiger charge is 2.20. The number of halogens is 1. The second-order valence-corrected chi connectivity index (χ2v) is 6.93. The van der Waals surface area contributed by atoms with Crippen molar-refractivity contribution < 1.29 is 4.74 Å². The second kappa shape index (κ2) is 5.82. The minimum atomic E-state index is 0.236. The van der Waals surface area contributed by atoms with Crippen LogP contribution in [-0.4, -0.2) is 12.4 Å². The Morgan fingerprint density at radius 1 is 1.15 bits per heavy atom. The molecule has 0 bridgehead atoms. The van der Waals surface area contributed by atoms with Crippen LogP contribution in [0.25, 0.3) is 0 Å². The fraction of sp³-hybridized carbons (Fsp3) is 0.294. The summed E-state index contributed by atoms with van der Waals surface area (Å²) in [7, 11) is 0. The molecule has 3 heteroatoms. The van der Waals surface area contributed by atoms with Gasteiger partial charge in [0.15, 0.2) is 0 Å². The third-order valence-corrected chi connectivity index (χ3v) is 5.42. The molecule has 1 nitrogen and oxygen atoms in total. The van der Waals surface area contributed by atoms with Gasteiger partial charge in [0, 0.05) is 11.3 Å². The summed E-state index contributed by atoms with van der Waals surface area (Å²) in [6.45, 7) is 2.12. The van der Waals surface area contributed by atoms with E-state index in [9.17, 15) is 0 Å². The molecular weight excluding hydrogens is 332 g/mol.